The van der Waals surface area contributed by atoms with Crippen LogP contribution in [0, 0.1) is 6.92 Å². The van der Waals surface area contributed by atoms with Crippen LogP contribution in [0.2, 0.25) is 0 Å². The molecule has 19 heavy (non-hydrogen) atoms. The molecule has 0 radical (unpaired) electrons. The predicted octanol–water partition coefficient (Wildman–Crippen LogP) is 1.86. The fourth-order valence-electron chi connectivity index (χ4n) is 1.70. The molecule has 2 N–H and O–H groups in total. The highest BCUT2D eigenvalue weighted by atomic mass is 16.1. The Morgan fingerprint density at radius 2 is 1.84 bits per heavy atom. The third kappa shape index (κ3) is 7.47. The van der Waals surface area contributed by atoms with Crippen LogP contribution in [0.3, 0.4) is 0 Å². The lowest BCUT2D eigenvalue weighted by Crippen LogP contribution is -2.28. The van der Waals surface area contributed by atoms with Crippen molar-refractivity contribution in [1.82, 2.24) is 10.2 Å². The molecule has 1 rings (SSSR count). The number of nitrogens with zero attached hydrogens (tertiary/aromatic N) is 1. The van der Waals surface area contributed by atoms with Gasteiger partial charge in [0.2, 0.25) is 5.91 Å². The van der Waals surface area contributed by atoms with Crippen LogP contribution in [0.15, 0.2) is 24.3 Å². The summed E-state index contributed by atoms with van der Waals surface area (Å²) in [6.07, 6.45) is 1.50. The van der Waals surface area contributed by atoms with Crippen molar-refractivity contribution in [3.63, 3.8) is 0 Å². The molecule has 1 aromatic rings. The highest BCUT2D eigenvalue weighted by molar-refractivity contribution is 5.76. The molecule has 0 atom stereocenters. The highest BCUT2D eigenvalue weighted by Gasteiger charge is 2.00. The molecular weight excluding hydrogens is 238 g/mol. The number of amides is 1. The Morgan fingerprint density at radius 1 is 1.16 bits per heavy atom. The van der Waals surface area contributed by atoms with Crippen molar-refractivity contribution >= 4 is 11.6 Å². The first-order chi connectivity index (χ1) is 9.08. The van der Waals surface area contributed by atoms with Crippen molar-refractivity contribution in [2.45, 2.75) is 19.8 Å². The van der Waals surface area contributed by atoms with E-state index < -0.39 is 0 Å². The van der Waals surface area contributed by atoms with E-state index in [1.165, 1.54) is 5.56 Å². The maximum atomic E-state index is 11.6. The Hall–Kier alpha value is -1.55. The van der Waals surface area contributed by atoms with Crippen molar-refractivity contribution < 1.29 is 4.79 Å². The van der Waals surface area contributed by atoms with E-state index in [1.54, 1.807) is 0 Å². The minimum absolute atomic E-state index is 0.110. The van der Waals surface area contributed by atoms with Crippen LogP contribution in [0.25, 0.3) is 0 Å². The van der Waals surface area contributed by atoms with Gasteiger partial charge in [-0.05, 0) is 46.1 Å². The molecule has 0 aromatic heterocycles. The molecule has 0 aliphatic rings. The molecule has 0 spiro atoms. The maximum absolute atomic E-state index is 11.6. The molecule has 0 saturated carbocycles. The van der Waals surface area contributed by atoms with Gasteiger partial charge in [0, 0.05) is 25.2 Å². The number of carbonyl (C=O) groups excluding carboxylic acids is 1. The SMILES string of the molecule is Cc1ccc(NCCC(=O)NCCCN(C)C)cc1. The summed E-state index contributed by atoms with van der Waals surface area (Å²) in [6, 6.07) is 8.18. The Balaban J connectivity index is 2.08. The summed E-state index contributed by atoms with van der Waals surface area (Å²) < 4.78 is 0. The highest BCUT2D eigenvalue weighted by Crippen LogP contribution is 2.08. The van der Waals surface area contributed by atoms with Crippen molar-refractivity contribution in [1.29, 1.82) is 0 Å². The van der Waals surface area contributed by atoms with Gasteiger partial charge in [0.05, 0.1) is 0 Å². The summed E-state index contributed by atoms with van der Waals surface area (Å²) >= 11 is 0. The van der Waals surface area contributed by atoms with Crippen LogP contribution in [-0.4, -0.2) is 44.5 Å². The van der Waals surface area contributed by atoms with E-state index in [2.05, 4.69) is 34.6 Å². The van der Waals surface area contributed by atoms with Gasteiger partial charge >= 0.3 is 0 Å². The van der Waals surface area contributed by atoms with E-state index in [0.717, 1.165) is 25.2 Å². The molecule has 4 heteroatoms. The van der Waals surface area contributed by atoms with E-state index in [9.17, 15) is 4.79 Å². The third-order valence-electron chi connectivity index (χ3n) is 2.84. The first-order valence-electron chi connectivity index (χ1n) is 6.80. The normalized spacial score (nSPS) is 10.5. The van der Waals surface area contributed by atoms with Crippen LogP contribution in [-0.2, 0) is 4.79 Å². The summed E-state index contributed by atoms with van der Waals surface area (Å²) in [7, 11) is 4.07. The average molecular weight is 263 g/mol. The summed E-state index contributed by atoms with van der Waals surface area (Å²) in [5, 5.41) is 6.17. The molecule has 1 amide bonds. The first-order valence-corrected chi connectivity index (χ1v) is 6.80. The fourth-order valence-corrected chi connectivity index (χ4v) is 1.70. The van der Waals surface area contributed by atoms with Crippen molar-refractivity contribution in [3.8, 4) is 0 Å². The Labute approximate surface area is 116 Å². The lowest BCUT2D eigenvalue weighted by molar-refractivity contribution is -0.120. The molecule has 4 nitrogen and oxygen atoms in total. The van der Waals surface area contributed by atoms with E-state index in [0.29, 0.717) is 13.0 Å². The topological polar surface area (TPSA) is 44.4 Å². The molecule has 0 aliphatic heterocycles. The largest absolute Gasteiger partial charge is 0.385 e. The van der Waals surface area contributed by atoms with Crippen LogP contribution in [0.1, 0.15) is 18.4 Å². The van der Waals surface area contributed by atoms with Crippen LogP contribution >= 0.6 is 0 Å². The van der Waals surface area contributed by atoms with Gasteiger partial charge in [-0.1, -0.05) is 17.7 Å². The quantitative estimate of drug-likeness (QED) is 0.704. The second-order valence-electron chi connectivity index (χ2n) is 5.05. The van der Waals surface area contributed by atoms with E-state index in [1.807, 2.05) is 26.2 Å². The number of benzene rings is 1. The van der Waals surface area contributed by atoms with Gasteiger partial charge in [-0.2, -0.15) is 0 Å². The Morgan fingerprint density at radius 3 is 2.47 bits per heavy atom. The predicted molar refractivity (Wildman–Crippen MR) is 80.5 cm³/mol. The Bertz CT molecular complexity index is 373. The number of hydrogen-bond acceptors (Lipinski definition) is 3. The van der Waals surface area contributed by atoms with Crippen molar-refractivity contribution in [2.75, 3.05) is 39.0 Å². The third-order valence-corrected chi connectivity index (χ3v) is 2.84. The molecule has 0 fully saturated rings. The monoisotopic (exact) mass is 263 g/mol. The van der Waals surface area contributed by atoms with Gasteiger partial charge in [-0.3, -0.25) is 4.79 Å². The van der Waals surface area contributed by atoms with Gasteiger partial charge in [0.1, 0.15) is 0 Å². The summed E-state index contributed by atoms with van der Waals surface area (Å²) in [5.74, 6) is 0.110. The van der Waals surface area contributed by atoms with Crippen LogP contribution < -0.4 is 10.6 Å². The molecule has 0 saturated heterocycles. The average Bonchev–Trinajstić information content (AvgIpc) is 2.37. The van der Waals surface area contributed by atoms with Crippen molar-refractivity contribution in [3.05, 3.63) is 29.8 Å². The maximum Gasteiger partial charge on any atom is 0.221 e. The second kappa shape index (κ2) is 8.53. The van der Waals surface area contributed by atoms with Gasteiger partial charge < -0.3 is 15.5 Å². The fraction of sp³-hybridized carbons (Fsp3) is 0.533. The van der Waals surface area contributed by atoms with E-state index >= 15 is 0 Å². The Kier molecular flexibility index (Phi) is 6.97. The first kappa shape index (κ1) is 15.5. The lowest BCUT2D eigenvalue weighted by atomic mass is 10.2. The molecule has 0 bridgehead atoms. The summed E-state index contributed by atoms with van der Waals surface area (Å²) in [6.45, 7) is 4.48. The van der Waals surface area contributed by atoms with Gasteiger partial charge in [-0.25, -0.2) is 0 Å². The number of anilines is 1. The van der Waals surface area contributed by atoms with Gasteiger partial charge in [0.15, 0.2) is 0 Å². The minimum Gasteiger partial charge on any atom is -0.385 e. The summed E-state index contributed by atoms with van der Waals surface area (Å²) in [4.78, 5) is 13.7. The molecular formula is C15H25N3O. The number of rotatable bonds is 8. The molecule has 0 heterocycles. The number of aryl methyl sites for hydroxylation is 1. The molecule has 0 unspecified atom stereocenters. The number of hydrogen-bond donors (Lipinski definition) is 2. The molecule has 1 aromatic carbocycles. The van der Waals surface area contributed by atoms with Crippen LogP contribution in [0.5, 0.6) is 0 Å². The minimum atomic E-state index is 0.110. The smallest absolute Gasteiger partial charge is 0.221 e. The van der Waals surface area contributed by atoms with Gasteiger partial charge in [-0.15, -0.1) is 0 Å². The van der Waals surface area contributed by atoms with Crippen LogP contribution in [0.4, 0.5) is 5.69 Å². The van der Waals surface area contributed by atoms with Crippen molar-refractivity contribution in [2.24, 2.45) is 0 Å². The summed E-state index contributed by atoms with van der Waals surface area (Å²) in [5.41, 5.74) is 2.30. The zero-order valence-electron chi connectivity index (χ0n) is 12.2. The number of nitrogens with one attached hydrogen (secondary N) is 2. The molecule has 106 valence electrons. The standard InChI is InChI=1S/C15H25N3O/c1-13-5-7-14(8-6-13)16-11-9-15(19)17-10-4-12-18(2)3/h5-8,16H,4,9-12H2,1-3H3,(H,17,19). The second-order valence-corrected chi connectivity index (χ2v) is 5.05. The van der Waals surface area contributed by atoms with Gasteiger partial charge in [0.25, 0.3) is 0 Å². The van der Waals surface area contributed by atoms with E-state index in [4.69, 9.17) is 0 Å². The molecule has 0 aliphatic carbocycles. The van der Waals surface area contributed by atoms with E-state index in [-0.39, 0.29) is 5.91 Å². The number of carbonyl (C=O) groups is 1. The lowest BCUT2D eigenvalue weighted by Gasteiger charge is -2.10. The zero-order valence-corrected chi connectivity index (χ0v) is 12.2. The zero-order chi connectivity index (χ0) is 14.1.